The highest BCUT2D eigenvalue weighted by Crippen LogP contribution is 2.23. The topological polar surface area (TPSA) is 93.1 Å². The van der Waals surface area contributed by atoms with Crippen LogP contribution in [-0.2, 0) is 13.0 Å². The molecule has 0 aliphatic carbocycles. The number of nitrogens with one attached hydrogen (secondary N) is 2. The average Bonchev–Trinajstić information content (AvgIpc) is 3.00. The number of amides is 2. The van der Waals surface area contributed by atoms with Gasteiger partial charge in [0.15, 0.2) is 17.3 Å². The van der Waals surface area contributed by atoms with Crippen LogP contribution in [0.15, 0.2) is 24.3 Å². The Morgan fingerprint density at radius 2 is 1.86 bits per heavy atom. The van der Waals surface area contributed by atoms with Crippen molar-refractivity contribution in [3.05, 3.63) is 47.0 Å². The van der Waals surface area contributed by atoms with Crippen LogP contribution >= 0.6 is 0 Å². The quantitative estimate of drug-likeness (QED) is 0.794. The fourth-order valence-corrected chi connectivity index (χ4v) is 3.30. The van der Waals surface area contributed by atoms with E-state index in [2.05, 4.69) is 15.6 Å². The van der Waals surface area contributed by atoms with Crippen molar-refractivity contribution in [2.24, 2.45) is 0 Å². The Morgan fingerprint density at radius 1 is 1.11 bits per heavy atom. The number of rotatable bonds is 4. The van der Waals surface area contributed by atoms with Crippen LogP contribution < -0.4 is 10.6 Å². The van der Waals surface area contributed by atoms with E-state index in [1.807, 2.05) is 25.3 Å². The van der Waals surface area contributed by atoms with Crippen molar-refractivity contribution in [2.45, 2.75) is 59.0 Å². The van der Waals surface area contributed by atoms with E-state index >= 15 is 0 Å². The molecule has 0 radical (unpaired) electrons. The molecule has 148 valence electrons. The van der Waals surface area contributed by atoms with Gasteiger partial charge in [-0.2, -0.15) is 0 Å². The molecule has 0 saturated carbocycles. The number of hydrogen-bond donors (Lipinski definition) is 2. The van der Waals surface area contributed by atoms with E-state index in [9.17, 15) is 14.4 Å². The van der Waals surface area contributed by atoms with Gasteiger partial charge in [-0.1, -0.05) is 12.1 Å². The fourth-order valence-electron chi connectivity index (χ4n) is 3.30. The van der Waals surface area contributed by atoms with Crippen LogP contribution in [0.1, 0.15) is 77.7 Å². The molecule has 2 amide bonds. The number of carbonyl (C=O) groups is 3. The summed E-state index contributed by atoms with van der Waals surface area (Å²) in [6.07, 6.45) is 2.60. The Kier molecular flexibility index (Phi) is 5.36. The second kappa shape index (κ2) is 7.58. The molecule has 2 heterocycles. The van der Waals surface area contributed by atoms with E-state index in [1.54, 1.807) is 24.3 Å². The molecule has 0 spiro atoms. The van der Waals surface area contributed by atoms with Crippen molar-refractivity contribution in [3.63, 3.8) is 0 Å². The summed E-state index contributed by atoms with van der Waals surface area (Å²) in [6.45, 7) is 7.86. The molecule has 2 N–H and O–H groups in total. The van der Waals surface area contributed by atoms with E-state index in [1.165, 1.54) is 6.92 Å². The first-order valence-corrected chi connectivity index (χ1v) is 9.50. The standard InChI is InChI=1S/C21H26N4O3/c1-13(26)14-8-7-9-15(12-14)22-19(27)17-16-10-5-6-11-25(16)18(23-17)20(28)24-21(2,3)4/h7-9,12H,5-6,10-11H2,1-4H3,(H,22,27)(H,24,28). The van der Waals surface area contributed by atoms with Gasteiger partial charge >= 0.3 is 0 Å². The number of hydrogen-bond acceptors (Lipinski definition) is 4. The second-order valence-electron chi connectivity index (χ2n) is 8.13. The lowest BCUT2D eigenvalue weighted by Crippen LogP contribution is -2.42. The molecule has 28 heavy (non-hydrogen) atoms. The highest BCUT2D eigenvalue weighted by Gasteiger charge is 2.29. The Morgan fingerprint density at radius 3 is 2.54 bits per heavy atom. The lowest BCUT2D eigenvalue weighted by molar-refractivity contribution is 0.0902. The predicted molar refractivity (Wildman–Crippen MR) is 107 cm³/mol. The third-order valence-electron chi connectivity index (χ3n) is 4.55. The van der Waals surface area contributed by atoms with E-state index in [0.29, 0.717) is 24.2 Å². The van der Waals surface area contributed by atoms with E-state index in [0.717, 1.165) is 18.5 Å². The largest absolute Gasteiger partial charge is 0.345 e. The molecule has 0 bridgehead atoms. The van der Waals surface area contributed by atoms with Crippen LogP contribution in [0.25, 0.3) is 0 Å². The second-order valence-corrected chi connectivity index (χ2v) is 8.13. The third kappa shape index (κ3) is 4.30. The minimum atomic E-state index is -0.395. The first-order chi connectivity index (χ1) is 13.2. The Balaban J connectivity index is 1.91. The SMILES string of the molecule is CC(=O)c1cccc(NC(=O)c2nc(C(=O)NC(C)(C)C)n3c2CCCC3)c1. The molecule has 7 nitrogen and oxygen atoms in total. The van der Waals surface area contributed by atoms with Gasteiger partial charge in [0.1, 0.15) is 0 Å². The first kappa shape index (κ1) is 19.8. The zero-order chi connectivity index (χ0) is 20.5. The van der Waals surface area contributed by atoms with Crippen LogP contribution in [0.3, 0.4) is 0 Å². The molecule has 1 aromatic carbocycles. The summed E-state index contributed by atoms with van der Waals surface area (Å²) < 4.78 is 1.85. The number of anilines is 1. The van der Waals surface area contributed by atoms with Gasteiger partial charge in [-0.3, -0.25) is 14.4 Å². The van der Waals surface area contributed by atoms with E-state index < -0.39 is 5.54 Å². The average molecular weight is 382 g/mol. The molecule has 1 aromatic heterocycles. The number of ketones is 1. The predicted octanol–water partition coefficient (Wildman–Crippen LogP) is 3.20. The monoisotopic (exact) mass is 382 g/mol. The molecule has 0 fully saturated rings. The van der Waals surface area contributed by atoms with Crippen LogP contribution in [0.2, 0.25) is 0 Å². The Hall–Kier alpha value is -2.96. The number of Topliss-reactive ketones (excluding diaryl/α,β-unsaturated/α-hetero) is 1. The number of aromatic nitrogens is 2. The van der Waals surface area contributed by atoms with Gasteiger partial charge < -0.3 is 15.2 Å². The van der Waals surface area contributed by atoms with Crippen LogP contribution in [-0.4, -0.2) is 32.7 Å². The molecule has 3 rings (SSSR count). The lowest BCUT2D eigenvalue weighted by Gasteiger charge is -2.22. The van der Waals surface area contributed by atoms with Gasteiger partial charge in [-0.05, 0) is 59.1 Å². The van der Waals surface area contributed by atoms with Gasteiger partial charge in [-0.25, -0.2) is 4.98 Å². The van der Waals surface area contributed by atoms with Crippen LogP contribution in [0, 0.1) is 0 Å². The van der Waals surface area contributed by atoms with Gasteiger partial charge in [0.05, 0.1) is 5.69 Å². The van der Waals surface area contributed by atoms with Crippen molar-refractivity contribution in [2.75, 3.05) is 5.32 Å². The summed E-state index contributed by atoms with van der Waals surface area (Å²) in [4.78, 5) is 41.5. The number of benzene rings is 1. The van der Waals surface area contributed by atoms with Gasteiger partial charge in [0, 0.05) is 23.3 Å². The van der Waals surface area contributed by atoms with Crippen molar-refractivity contribution in [1.29, 1.82) is 0 Å². The maximum atomic E-state index is 12.9. The first-order valence-electron chi connectivity index (χ1n) is 9.50. The van der Waals surface area contributed by atoms with Crippen molar-refractivity contribution < 1.29 is 14.4 Å². The molecular formula is C21H26N4O3. The maximum absolute atomic E-state index is 12.9. The highest BCUT2D eigenvalue weighted by molar-refractivity contribution is 6.05. The molecule has 1 aliphatic heterocycles. The minimum absolute atomic E-state index is 0.0726. The number of nitrogens with zero attached hydrogens (tertiary/aromatic N) is 2. The van der Waals surface area contributed by atoms with Gasteiger partial charge in [0.2, 0.25) is 0 Å². The van der Waals surface area contributed by atoms with Gasteiger partial charge in [-0.15, -0.1) is 0 Å². The molecule has 0 unspecified atom stereocenters. The number of fused-ring (bicyclic) bond motifs is 1. The molecule has 1 aliphatic rings. The Labute approximate surface area is 164 Å². The number of imidazole rings is 1. The van der Waals surface area contributed by atoms with Crippen molar-refractivity contribution in [3.8, 4) is 0 Å². The zero-order valence-corrected chi connectivity index (χ0v) is 16.8. The summed E-state index contributed by atoms with van der Waals surface area (Å²) in [7, 11) is 0. The van der Waals surface area contributed by atoms with Gasteiger partial charge in [0.25, 0.3) is 11.8 Å². The fraction of sp³-hybridized carbons (Fsp3) is 0.429. The minimum Gasteiger partial charge on any atom is -0.345 e. The lowest BCUT2D eigenvalue weighted by atomic mass is 10.1. The summed E-state index contributed by atoms with van der Waals surface area (Å²) >= 11 is 0. The van der Waals surface area contributed by atoms with Crippen molar-refractivity contribution >= 4 is 23.3 Å². The summed E-state index contributed by atoms with van der Waals surface area (Å²) in [6, 6.07) is 6.78. The smallest absolute Gasteiger partial charge is 0.287 e. The van der Waals surface area contributed by atoms with Crippen molar-refractivity contribution in [1.82, 2.24) is 14.9 Å². The molecule has 0 atom stereocenters. The summed E-state index contributed by atoms with van der Waals surface area (Å²) in [5.41, 5.74) is 1.71. The molecular weight excluding hydrogens is 356 g/mol. The zero-order valence-electron chi connectivity index (χ0n) is 16.8. The normalized spacial score (nSPS) is 13.6. The van der Waals surface area contributed by atoms with E-state index in [-0.39, 0.29) is 29.1 Å². The highest BCUT2D eigenvalue weighted by atomic mass is 16.2. The third-order valence-corrected chi connectivity index (χ3v) is 4.55. The maximum Gasteiger partial charge on any atom is 0.287 e. The molecule has 0 saturated heterocycles. The Bertz CT molecular complexity index is 938. The van der Waals surface area contributed by atoms with E-state index in [4.69, 9.17) is 0 Å². The molecule has 7 heteroatoms. The van der Waals surface area contributed by atoms with Crippen LogP contribution in [0.5, 0.6) is 0 Å². The summed E-state index contributed by atoms with van der Waals surface area (Å²) in [5.74, 6) is -0.460. The summed E-state index contributed by atoms with van der Waals surface area (Å²) in [5, 5.41) is 5.72. The number of carbonyl (C=O) groups excluding carboxylic acids is 3. The van der Waals surface area contributed by atoms with Crippen LogP contribution in [0.4, 0.5) is 5.69 Å². The molecule has 2 aromatic rings.